The van der Waals surface area contributed by atoms with Gasteiger partial charge < -0.3 is 14.2 Å². The number of likely N-dealkylation sites (tertiary alicyclic amines) is 1. The van der Waals surface area contributed by atoms with Crippen molar-refractivity contribution in [3.05, 3.63) is 114 Å². The highest BCUT2D eigenvalue weighted by atomic mass is 16.6. The van der Waals surface area contributed by atoms with Crippen LogP contribution < -0.4 is 0 Å². The Morgan fingerprint density at radius 1 is 0.976 bits per heavy atom. The highest BCUT2D eigenvalue weighted by molar-refractivity contribution is 5.97. The number of ether oxygens (including phenoxy) is 1. The molecule has 0 spiro atoms. The van der Waals surface area contributed by atoms with Gasteiger partial charge in [-0.2, -0.15) is 0 Å². The Morgan fingerprint density at radius 3 is 2.20 bits per heavy atom. The van der Waals surface area contributed by atoms with Crippen molar-refractivity contribution in [2.24, 2.45) is 5.92 Å². The van der Waals surface area contributed by atoms with Gasteiger partial charge in [0.1, 0.15) is 12.4 Å². The van der Waals surface area contributed by atoms with Crippen LogP contribution in [0, 0.1) is 5.92 Å². The molecule has 1 saturated heterocycles. The van der Waals surface area contributed by atoms with Gasteiger partial charge in [-0.1, -0.05) is 92.7 Å². The van der Waals surface area contributed by atoms with E-state index in [1.54, 1.807) is 18.3 Å². The molecule has 1 aliphatic carbocycles. The first kappa shape index (κ1) is 28.6. The van der Waals surface area contributed by atoms with Gasteiger partial charge in [0.15, 0.2) is 5.78 Å². The number of imidazole rings is 1. The summed E-state index contributed by atoms with van der Waals surface area (Å²) >= 11 is 0. The maximum absolute atomic E-state index is 13.2. The topological polar surface area (TPSA) is 67.7 Å². The zero-order chi connectivity index (χ0) is 28.6. The normalized spacial score (nSPS) is 18.3. The molecule has 214 valence electrons. The Hall–Kier alpha value is -3.97. The van der Waals surface area contributed by atoms with Crippen molar-refractivity contribution < 1.29 is 14.3 Å². The summed E-state index contributed by atoms with van der Waals surface area (Å²) in [6, 6.07) is 21.2. The Balaban J connectivity index is 1.20. The van der Waals surface area contributed by atoms with Crippen molar-refractivity contribution in [1.82, 2.24) is 19.4 Å². The summed E-state index contributed by atoms with van der Waals surface area (Å²) < 4.78 is 8.10. The number of hydrogen-bond donors (Lipinski definition) is 0. The lowest BCUT2D eigenvalue weighted by atomic mass is 9.97. The number of amides is 1. The minimum absolute atomic E-state index is 0.0502. The summed E-state index contributed by atoms with van der Waals surface area (Å²) in [5.41, 5.74) is 2.48. The van der Waals surface area contributed by atoms with E-state index >= 15 is 0 Å². The molecule has 0 bridgehead atoms. The van der Waals surface area contributed by atoms with Gasteiger partial charge >= 0.3 is 6.09 Å². The number of carbonyl (C=O) groups is 2. The van der Waals surface area contributed by atoms with E-state index in [2.05, 4.69) is 76.8 Å². The molecular weight excluding hydrogens is 512 g/mol. The van der Waals surface area contributed by atoms with E-state index in [-0.39, 0.29) is 29.9 Å². The lowest BCUT2D eigenvalue weighted by molar-refractivity contribution is -0.115. The van der Waals surface area contributed by atoms with Crippen molar-refractivity contribution in [1.29, 1.82) is 0 Å². The minimum Gasteiger partial charge on any atom is -0.448 e. The van der Waals surface area contributed by atoms with E-state index in [0.717, 1.165) is 31.8 Å². The molecule has 41 heavy (non-hydrogen) atoms. The van der Waals surface area contributed by atoms with Gasteiger partial charge in [-0.3, -0.25) is 9.69 Å². The van der Waals surface area contributed by atoms with E-state index < -0.39 is 0 Å². The summed E-state index contributed by atoms with van der Waals surface area (Å²) in [6.07, 6.45) is 12.2. The Labute approximate surface area is 243 Å². The average Bonchev–Trinajstić information content (AvgIpc) is 3.48. The van der Waals surface area contributed by atoms with E-state index in [9.17, 15) is 9.59 Å². The van der Waals surface area contributed by atoms with Crippen LogP contribution in [0.2, 0.25) is 0 Å². The van der Waals surface area contributed by atoms with Crippen LogP contribution >= 0.6 is 0 Å². The summed E-state index contributed by atoms with van der Waals surface area (Å²) in [4.78, 5) is 34.4. The van der Waals surface area contributed by atoms with Crippen molar-refractivity contribution in [3.63, 3.8) is 0 Å². The second-order valence-electron chi connectivity index (χ2n) is 11.3. The largest absolute Gasteiger partial charge is 0.448 e. The van der Waals surface area contributed by atoms with Crippen LogP contribution in [-0.2, 0) is 22.6 Å². The molecule has 1 fully saturated rings. The predicted octanol–water partition coefficient (Wildman–Crippen LogP) is 6.16. The fourth-order valence-corrected chi connectivity index (χ4v) is 5.83. The van der Waals surface area contributed by atoms with E-state index in [0.29, 0.717) is 25.6 Å². The van der Waals surface area contributed by atoms with E-state index in [1.165, 1.54) is 11.1 Å². The summed E-state index contributed by atoms with van der Waals surface area (Å²) in [5.74, 6) is 0.773. The first-order valence-electron chi connectivity index (χ1n) is 14.6. The third kappa shape index (κ3) is 7.22. The van der Waals surface area contributed by atoms with Gasteiger partial charge in [0, 0.05) is 50.7 Å². The highest BCUT2D eigenvalue weighted by Crippen LogP contribution is 2.29. The standard InChI is InChI=1S/C34H40N4O3/c1-26(2)31(37(23-27-11-5-3-6-12-27)24-28-13-7-4-8-14-28)25-41-34(40)36-20-17-29(18-21-36)38-22-19-35-33(38)30-15-9-10-16-32(30)39/h3-16,19,22,26,29-31H,17-18,20-21,23-25H2,1-2H3/t30?,31-/m0/s1. The zero-order valence-corrected chi connectivity index (χ0v) is 24.0. The average molecular weight is 553 g/mol. The maximum atomic E-state index is 13.2. The van der Waals surface area contributed by atoms with Crippen LogP contribution in [-0.4, -0.2) is 57.0 Å². The number of ketones is 1. The summed E-state index contributed by atoms with van der Waals surface area (Å²) in [5, 5.41) is 0. The fourth-order valence-electron chi connectivity index (χ4n) is 5.83. The van der Waals surface area contributed by atoms with Crippen molar-refractivity contribution >= 4 is 11.9 Å². The molecule has 5 rings (SSSR count). The van der Waals surface area contributed by atoms with Gasteiger partial charge in [-0.05, 0) is 36.0 Å². The van der Waals surface area contributed by atoms with Gasteiger partial charge in [-0.15, -0.1) is 0 Å². The molecule has 2 aliphatic rings. The van der Waals surface area contributed by atoms with Crippen LogP contribution in [0.15, 0.2) is 97.4 Å². The van der Waals surface area contributed by atoms with E-state index in [1.807, 2.05) is 35.4 Å². The number of allylic oxidation sites excluding steroid dienone is 4. The van der Waals surface area contributed by atoms with Crippen LogP contribution in [0.5, 0.6) is 0 Å². The number of rotatable bonds is 10. The molecule has 7 heteroatoms. The third-order valence-electron chi connectivity index (χ3n) is 8.15. The SMILES string of the molecule is CC(C)[C@H](COC(=O)N1CCC(n2ccnc2C2C=CC=CC2=O)CC1)N(Cc1ccccc1)Cc1ccccc1. The number of nitrogens with zero attached hydrogens (tertiary/aromatic N) is 4. The van der Waals surface area contributed by atoms with Crippen molar-refractivity contribution in [2.45, 2.75) is 57.8 Å². The first-order valence-corrected chi connectivity index (χ1v) is 14.6. The predicted molar refractivity (Wildman–Crippen MR) is 160 cm³/mol. The van der Waals surface area contributed by atoms with Crippen LogP contribution in [0.3, 0.4) is 0 Å². The third-order valence-corrected chi connectivity index (χ3v) is 8.15. The highest BCUT2D eigenvalue weighted by Gasteiger charge is 2.30. The number of hydrogen-bond acceptors (Lipinski definition) is 5. The lowest BCUT2D eigenvalue weighted by Gasteiger charge is -2.36. The molecule has 0 radical (unpaired) electrons. The van der Waals surface area contributed by atoms with Gasteiger partial charge in [-0.25, -0.2) is 9.78 Å². The molecule has 1 aliphatic heterocycles. The molecule has 7 nitrogen and oxygen atoms in total. The number of benzene rings is 2. The molecule has 1 unspecified atom stereocenters. The smallest absolute Gasteiger partial charge is 0.409 e. The molecule has 0 N–H and O–H groups in total. The van der Waals surface area contributed by atoms with Crippen molar-refractivity contribution in [2.75, 3.05) is 19.7 Å². The Bertz CT molecular complexity index is 1300. The van der Waals surface area contributed by atoms with E-state index in [4.69, 9.17) is 4.74 Å². The summed E-state index contributed by atoms with van der Waals surface area (Å²) in [7, 11) is 0. The lowest BCUT2D eigenvalue weighted by Crippen LogP contribution is -2.45. The Morgan fingerprint density at radius 2 is 1.61 bits per heavy atom. The molecular formula is C34H40N4O3. The van der Waals surface area contributed by atoms with Gasteiger partial charge in [0.25, 0.3) is 0 Å². The minimum atomic E-state index is -0.347. The van der Waals surface area contributed by atoms with Crippen LogP contribution in [0.25, 0.3) is 0 Å². The van der Waals surface area contributed by atoms with Gasteiger partial charge in [0.2, 0.25) is 0 Å². The molecule has 1 aromatic heterocycles. The molecule has 3 aromatic rings. The Kier molecular flexibility index (Phi) is 9.47. The first-order chi connectivity index (χ1) is 20.0. The number of aromatic nitrogens is 2. The number of piperidine rings is 1. The van der Waals surface area contributed by atoms with Crippen molar-refractivity contribution in [3.8, 4) is 0 Å². The van der Waals surface area contributed by atoms with Crippen LogP contribution in [0.4, 0.5) is 4.79 Å². The quantitative estimate of drug-likeness (QED) is 0.301. The van der Waals surface area contributed by atoms with Crippen LogP contribution in [0.1, 0.15) is 55.6 Å². The van der Waals surface area contributed by atoms with Gasteiger partial charge in [0.05, 0.1) is 5.92 Å². The summed E-state index contributed by atoms with van der Waals surface area (Å²) in [6.45, 7) is 7.51. The fraction of sp³-hybridized carbons (Fsp3) is 0.382. The molecule has 2 aromatic carbocycles. The second-order valence-corrected chi connectivity index (χ2v) is 11.3. The monoisotopic (exact) mass is 552 g/mol. The second kappa shape index (κ2) is 13.6. The molecule has 1 amide bonds. The molecule has 2 heterocycles. The molecule has 2 atom stereocenters. The number of carbonyl (C=O) groups excluding carboxylic acids is 2. The molecule has 0 saturated carbocycles. The maximum Gasteiger partial charge on any atom is 0.409 e. The zero-order valence-electron chi connectivity index (χ0n) is 24.0.